The first kappa shape index (κ1) is 23.2. The first-order valence-corrected chi connectivity index (χ1v) is 10.8. The van der Waals surface area contributed by atoms with E-state index in [0.29, 0.717) is 12.1 Å². The van der Waals surface area contributed by atoms with Crippen molar-refractivity contribution in [2.45, 2.75) is 37.1 Å². The SMILES string of the molecule is CC1CN(S(=O)(=O)c2cccc(C(=O)Nc3ccc(F)c(C(F)(F)F)c3)c2)CC(C)O1. The second-order valence-corrected chi connectivity index (χ2v) is 9.19. The first-order chi connectivity index (χ1) is 14.4. The highest BCUT2D eigenvalue weighted by molar-refractivity contribution is 7.89. The summed E-state index contributed by atoms with van der Waals surface area (Å²) in [5.41, 5.74) is -1.87. The van der Waals surface area contributed by atoms with Crippen molar-refractivity contribution in [2.24, 2.45) is 0 Å². The number of carbonyl (C=O) groups is 1. The predicted octanol–water partition coefficient (Wildman–Crippen LogP) is 3.89. The van der Waals surface area contributed by atoms with Crippen LogP contribution in [0.15, 0.2) is 47.4 Å². The summed E-state index contributed by atoms with van der Waals surface area (Å²) in [6, 6.07) is 7.22. The molecule has 0 aromatic heterocycles. The fourth-order valence-corrected chi connectivity index (χ4v) is 4.93. The molecule has 1 N–H and O–H groups in total. The Bertz CT molecular complexity index is 1080. The van der Waals surface area contributed by atoms with E-state index in [0.717, 1.165) is 12.1 Å². The Hall–Kier alpha value is -2.50. The Morgan fingerprint density at radius 2 is 1.74 bits per heavy atom. The number of hydrogen-bond donors (Lipinski definition) is 1. The molecule has 6 nitrogen and oxygen atoms in total. The van der Waals surface area contributed by atoms with Gasteiger partial charge in [-0.1, -0.05) is 6.07 Å². The summed E-state index contributed by atoms with van der Waals surface area (Å²) in [5.74, 6) is -2.30. The molecule has 3 rings (SSSR count). The number of morpholine rings is 1. The molecular weight excluding hydrogens is 440 g/mol. The predicted molar refractivity (Wildman–Crippen MR) is 105 cm³/mol. The second kappa shape index (κ2) is 8.56. The Morgan fingerprint density at radius 1 is 1.10 bits per heavy atom. The van der Waals surface area contributed by atoms with Crippen LogP contribution < -0.4 is 5.32 Å². The van der Waals surface area contributed by atoms with Gasteiger partial charge in [0.15, 0.2) is 0 Å². The lowest BCUT2D eigenvalue weighted by Crippen LogP contribution is -2.48. The number of rotatable bonds is 4. The van der Waals surface area contributed by atoms with Gasteiger partial charge in [-0.3, -0.25) is 4.79 Å². The van der Waals surface area contributed by atoms with Gasteiger partial charge in [0.2, 0.25) is 10.0 Å². The highest BCUT2D eigenvalue weighted by atomic mass is 32.2. The third-order valence-corrected chi connectivity index (χ3v) is 6.48. The molecule has 2 aromatic rings. The summed E-state index contributed by atoms with van der Waals surface area (Å²) >= 11 is 0. The molecule has 11 heteroatoms. The average Bonchev–Trinajstić information content (AvgIpc) is 2.68. The minimum atomic E-state index is -4.93. The van der Waals surface area contributed by atoms with Crippen LogP contribution in [-0.2, 0) is 20.9 Å². The number of benzene rings is 2. The number of amides is 1. The van der Waals surface area contributed by atoms with Gasteiger partial charge >= 0.3 is 6.18 Å². The zero-order chi connectivity index (χ0) is 23.0. The number of ether oxygens (including phenoxy) is 1. The monoisotopic (exact) mass is 460 g/mol. The van der Waals surface area contributed by atoms with E-state index >= 15 is 0 Å². The molecule has 0 saturated carbocycles. The van der Waals surface area contributed by atoms with Crippen LogP contribution in [0.3, 0.4) is 0 Å². The van der Waals surface area contributed by atoms with E-state index in [2.05, 4.69) is 5.32 Å². The maximum atomic E-state index is 13.4. The molecule has 1 amide bonds. The lowest BCUT2D eigenvalue weighted by molar-refractivity contribution is -0.139. The fraction of sp³-hybridized carbons (Fsp3) is 0.350. The van der Waals surface area contributed by atoms with Crippen molar-refractivity contribution in [2.75, 3.05) is 18.4 Å². The van der Waals surface area contributed by atoms with Gasteiger partial charge in [0.25, 0.3) is 5.91 Å². The van der Waals surface area contributed by atoms with Crippen LogP contribution in [0.5, 0.6) is 0 Å². The zero-order valence-electron chi connectivity index (χ0n) is 16.6. The van der Waals surface area contributed by atoms with Gasteiger partial charge < -0.3 is 10.1 Å². The van der Waals surface area contributed by atoms with E-state index < -0.39 is 33.5 Å². The summed E-state index contributed by atoms with van der Waals surface area (Å²) in [6.07, 6.45) is -5.52. The van der Waals surface area contributed by atoms with Crippen LogP contribution in [0.4, 0.5) is 23.2 Å². The minimum absolute atomic E-state index is 0.0756. The number of halogens is 4. The van der Waals surface area contributed by atoms with E-state index in [1.54, 1.807) is 13.8 Å². The molecule has 2 atom stereocenters. The van der Waals surface area contributed by atoms with Crippen molar-refractivity contribution in [3.63, 3.8) is 0 Å². The van der Waals surface area contributed by atoms with E-state index in [-0.39, 0.29) is 41.4 Å². The third kappa shape index (κ3) is 5.23. The van der Waals surface area contributed by atoms with Crippen LogP contribution in [0, 0.1) is 5.82 Å². The quantitative estimate of drug-likeness (QED) is 0.703. The number of sulfonamides is 1. The van der Waals surface area contributed by atoms with Crippen LogP contribution >= 0.6 is 0 Å². The van der Waals surface area contributed by atoms with E-state index in [1.165, 1.54) is 22.5 Å². The van der Waals surface area contributed by atoms with E-state index in [4.69, 9.17) is 4.74 Å². The highest BCUT2D eigenvalue weighted by Crippen LogP contribution is 2.33. The van der Waals surface area contributed by atoms with Crippen molar-refractivity contribution in [1.29, 1.82) is 0 Å². The molecule has 0 bridgehead atoms. The molecule has 1 heterocycles. The van der Waals surface area contributed by atoms with Crippen molar-refractivity contribution in [1.82, 2.24) is 4.31 Å². The lowest BCUT2D eigenvalue weighted by atomic mass is 10.1. The molecular formula is C20H20F4N2O4S. The molecule has 31 heavy (non-hydrogen) atoms. The molecule has 2 unspecified atom stereocenters. The number of anilines is 1. The van der Waals surface area contributed by atoms with Crippen molar-refractivity contribution in [3.8, 4) is 0 Å². The van der Waals surface area contributed by atoms with Crippen LogP contribution in [0.2, 0.25) is 0 Å². The van der Waals surface area contributed by atoms with E-state index in [1.807, 2.05) is 0 Å². The van der Waals surface area contributed by atoms with Crippen LogP contribution in [-0.4, -0.2) is 43.9 Å². The molecule has 168 valence electrons. The normalized spacial score (nSPS) is 20.5. The number of nitrogens with zero attached hydrogens (tertiary/aromatic N) is 1. The highest BCUT2D eigenvalue weighted by Gasteiger charge is 2.35. The van der Waals surface area contributed by atoms with Gasteiger partial charge in [0.05, 0.1) is 22.7 Å². The molecule has 0 radical (unpaired) electrons. The molecule has 0 spiro atoms. The van der Waals surface area contributed by atoms with Gasteiger partial charge in [0, 0.05) is 24.3 Å². The Morgan fingerprint density at radius 3 is 2.35 bits per heavy atom. The molecule has 0 aliphatic carbocycles. The number of nitrogens with one attached hydrogen (secondary N) is 1. The summed E-state index contributed by atoms with van der Waals surface area (Å²) in [6.45, 7) is 3.80. The third-order valence-electron chi connectivity index (χ3n) is 4.65. The molecule has 1 aliphatic rings. The van der Waals surface area contributed by atoms with Gasteiger partial charge in [-0.25, -0.2) is 12.8 Å². The standard InChI is InChI=1S/C20H20F4N2O4S/c1-12-10-26(11-13(2)30-12)31(28,29)16-5-3-4-14(8-16)19(27)25-15-6-7-18(21)17(9-15)20(22,23)24/h3-9,12-13H,10-11H2,1-2H3,(H,25,27). The summed E-state index contributed by atoms with van der Waals surface area (Å²) in [4.78, 5) is 12.4. The maximum Gasteiger partial charge on any atom is 0.419 e. The number of hydrogen-bond acceptors (Lipinski definition) is 4. The molecule has 1 saturated heterocycles. The topological polar surface area (TPSA) is 75.7 Å². The summed E-state index contributed by atoms with van der Waals surface area (Å²) in [5, 5.41) is 2.24. The van der Waals surface area contributed by atoms with Crippen molar-refractivity contribution >= 4 is 21.6 Å². The Labute approximate surface area is 176 Å². The van der Waals surface area contributed by atoms with Crippen molar-refractivity contribution in [3.05, 3.63) is 59.4 Å². The zero-order valence-corrected chi connectivity index (χ0v) is 17.4. The second-order valence-electron chi connectivity index (χ2n) is 7.25. The Balaban J connectivity index is 1.84. The average molecular weight is 460 g/mol. The smallest absolute Gasteiger partial charge is 0.373 e. The van der Waals surface area contributed by atoms with Gasteiger partial charge in [-0.2, -0.15) is 17.5 Å². The molecule has 1 fully saturated rings. The minimum Gasteiger partial charge on any atom is -0.373 e. The van der Waals surface area contributed by atoms with Gasteiger partial charge in [-0.15, -0.1) is 0 Å². The number of carbonyl (C=O) groups excluding carboxylic acids is 1. The molecule has 1 aliphatic heterocycles. The Kier molecular flexibility index (Phi) is 6.40. The maximum absolute atomic E-state index is 13.4. The van der Waals surface area contributed by atoms with E-state index in [9.17, 15) is 30.8 Å². The largest absolute Gasteiger partial charge is 0.419 e. The van der Waals surface area contributed by atoms with Gasteiger partial charge in [-0.05, 0) is 50.2 Å². The van der Waals surface area contributed by atoms with Crippen LogP contribution in [0.1, 0.15) is 29.8 Å². The van der Waals surface area contributed by atoms with Gasteiger partial charge in [0.1, 0.15) is 5.82 Å². The number of alkyl halides is 3. The van der Waals surface area contributed by atoms with Crippen LogP contribution in [0.25, 0.3) is 0 Å². The summed E-state index contributed by atoms with van der Waals surface area (Å²) < 4.78 is 84.8. The fourth-order valence-electron chi connectivity index (χ4n) is 3.30. The first-order valence-electron chi connectivity index (χ1n) is 9.31. The molecule has 2 aromatic carbocycles. The summed E-state index contributed by atoms with van der Waals surface area (Å²) in [7, 11) is -3.91. The lowest BCUT2D eigenvalue weighted by Gasteiger charge is -2.34. The van der Waals surface area contributed by atoms with Crippen molar-refractivity contribution < 1.29 is 35.5 Å².